The lowest BCUT2D eigenvalue weighted by Crippen LogP contribution is -2.26. The minimum atomic E-state index is 0.448. The summed E-state index contributed by atoms with van der Waals surface area (Å²) in [5, 5.41) is 5.68. The average molecular weight is 246 g/mol. The van der Waals surface area contributed by atoms with Gasteiger partial charge in [-0.3, -0.25) is 0 Å². The minimum absolute atomic E-state index is 0.448. The van der Waals surface area contributed by atoms with E-state index in [1.165, 1.54) is 22.2 Å². The molecule has 3 heteroatoms. The fourth-order valence-corrected chi connectivity index (χ4v) is 2.54. The maximum Gasteiger partial charge on any atom is 0.0327 e. The first-order chi connectivity index (χ1) is 5.70. The summed E-state index contributed by atoms with van der Waals surface area (Å²) in [5.41, 5.74) is 0.448. The van der Waals surface area contributed by atoms with Gasteiger partial charge in [-0.05, 0) is 47.1 Å². The van der Waals surface area contributed by atoms with Gasteiger partial charge in [-0.25, -0.2) is 0 Å². The molecule has 0 amide bonds. The molecule has 1 aliphatic carbocycles. The molecule has 0 atom stereocenters. The third-order valence-corrected chi connectivity index (χ3v) is 4.29. The Balaban J connectivity index is 1.91. The molecule has 1 aromatic heterocycles. The Bertz CT molecular complexity index is 278. The summed E-state index contributed by atoms with van der Waals surface area (Å²) in [6, 6.07) is 2.11. The smallest absolute Gasteiger partial charge is 0.0327 e. The number of thiophene rings is 1. The molecule has 1 fully saturated rings. The number of halogens is 1. The van der Waals surface area contributed by atoms with Gasteiger partial charge in [-0.1, -0.05) is 0 Å². The molecule has 66 valence electrons. The number of nitrogens with one attached hydrogen (secondary N) is 1. The average Bonchev–Trinajstić information content (AvgIpc) is 2.61. The van der Waals surface area contributed by atoms with Crippen molar-refractivity contribution in [1.29, 1.82) is 0 Å². The van der Waals surface area contributed by atoms with Crippen molar-refractivity contribution in [3.05, 3.63) is 20.8 Å². The predicted molar refractivity (Wildman–Crippen MR) is 56.5 cm³/mol. The van der Waals surface area contributed by atoms with E-state index in [4.69, 9.17) is 0 Å². The highest BCUT2D eigenvalue weighted by atomic mass is 79.9. The van der Waals surface area contributed by atoms with Crippen LogP contribution in [0.25, 0.3) is 0 Å². The summed E-state index contributed by atoms with van der Waals surface area (Å²) in [5.74, 6) is 0. The second-order valence-corrected chi connectivity index (χ2v) is 5.46. The van der Waals surface area contributed by atoms with Crippen molar-refractivity contribution >= 4 is 27.3 Å². The van der Waals surface area contributed by atoms with Crippen LogP contribution in [0.1, 0.15) is 24.6 Å². The second-order valence-electron chi connectivity index (χ2n) is 3.61. The Morgan fingerprint density at radius 2 is 2.42 bits per heavy atom. The van der Waals surface area contributed by atoms with Crippen molar-refractivity contribution in [3.63, 3.8) is 0 Å². The third kappa shape index (κ3) is 1.90. The van der Waals surface area contributed by atoms with Gasteiger partial charge in [0.15, 0.2) is 0 Å². The number of hydrogen-bond donors (Lipinski definition) is 1. The highest BCUT2D eigenvalue weighted by Crippen LogP contribution is 2.35. The van der Waals surface area contributed by atoms with Crippen molar-refractivity contribution < 1.29 is 0 Å². The van der Waals surface area contributed by atoms with Gasteiger partial charge < -0.3 is 5.32 Å². The first-order valence-corrected chi connectivity index (χ1v) is 5.84. The van der Waals surface area contributed by atoms with Crippen LogP contribution < -0.4 is 5.32 Å². The van der Waals surface area contributed by atoms with Crippen molar-refractivity contribution in [2.24, 2.45) is 0 Å². The van der Waals surface area contributed by atoms with E-state index in [1.807, 2.05) is 11.3 Å². The van der Waals surface area contributed by atoms with E-state index in [1.54, 1.807) is 0 Å². The van der Waals surface area contributed by atoms with Gasteiger partial charge >= 0.3 is 0 Å². The number of rotatable bonds is 3. The fraction of sp³-hybridized carbons (Fsp3) is 0.556. The molecule has 0 aromatic carbocycles. The molecule has 0 spiro atoms. The summed E-state index contributed by atoms with van der Waals surface area (Å²) in [6.45, 7) is 3.29. The fourth-order valence-electron chi connectivity index (χ4n) is 1.11. The van der Waals surface area contributed by atoms with E-state index in [2.05, 4.69) is 39.6 Å². The molecule has 1 aromatic rings. The van der Waals surface area contributed by atoms with Gasteiger partial charge in [-0.2, -0.15) is 0 Å². The zero-order valence-electron chi connectivity index (χ0n) is 7.06. The van der Waals surface area contributed by atoms with E-state index < -0.39 is 0 Å². The summed E-state index contributed by atoms with van der Waals surface area (Å²) < 4.78 is 1.24. The summed E-state index contributed by atoms with van der Waals surface area (Å²) in [4.78, 5) is 1.41. The topological polar surface area (TPSA) is 12.0 Å². The maximum absolute atomic E-state index is 3.56. The van der Waals surface area contributed by atoms with Crippen molar-refractivity contribution in [3.8, 4) is 0 Å². The van der Waals surface area contributed by atoms with Crippen LogP contribution >= 0.6 is 27.3 Å². The minimum Gasteiger partial charge on any atom is -0.307 e. The highest BCUT2D eigenvalue weighted by molar-refractivity contribution is 9.10. The van der Waals surface area contributed by atoms with Crippen LogP contribution in [0, 0.1) is 0 Å². The van der Waals surface area contributed by atoms with E-state index in [0.29, 0.717) is 5.54 Å². The quantitative estimate of drug-likeness (QED) is 0.863. The SMILES string of the molecule is CC1(NCc2sccc2Br)CC1. The van der Waals surface area contributed by atoms with Gasteiger partial charge in [0.25, 0.3) is 0 Å². The molecule has 1 heterocycles. The molecule has 1 N–H and O–H groups in total. The Labute approximate surface area is 85.3 Å². The van der Waals surface area contributed by atoms with Crippen molar-refractivity contribution in [2.45, 2.75) is 31.8 Å². The third-order valence-electron chi connectivity index (χ3n) is 2.37. The lowest BCUT2D eigenvalue weighted by Gasteiger charge is -2.09. The zero-order valence-corrected chi connectivity index (χ0v) is 9.46. The van der Waals surface area contributed by atoms with Gasteiger partial charge in [0, 0.05) is 21.4 Å². The van der Waals surface area contributed by atoms with Crippen LogP contribution in [0.2, 0.25) is 0 Å². The zero-order chi connectivity index (χ0) is 8.60. The van der Waals surface area contributed by atoms with E-state index >= 15 is 0 Å². The van der Waals surface area contributed by atoms with Gasteiger partial charge in [0.1, 0.15) is 0 Å². The molecular weight excluding hydrogens is 234 g/mol. The largest absolute Gasteiger partial charge is 0.307 e. The maximum atomic E-state index is 3.56. The molecule has 1 nitrogen and oxygen atoms in total. The molecule has 0 aliphatic heterocycles. The monoisotopic (exact) mass is 245 g/mol. The standard InChI is InChI=1S/C9H12BrNS/c1-9(3-4-9)11-6-8-7(10)2-5-12-8/h2,5,11H,3-4,6H2,1H3. The lowest BCUT2D eigenvalue weighted by atomic mass is 10.3. The molecule has 0 bridgehead atoms. The van der Waals surface area contributed by atoms with Crippen LogP contribution in [0.15, 0.2) is 15.9 Å². The van der Waals surface area contributed by atoms with Crippen LogP contribution in [0.3, 0.4) is 0 Å². The Kier molecular flexibility index (Phi) is 2.27. The Morgan fingerprint density at radius 1 is 1.67 bits per heavy atom. The molecule has 1 aliphatic rings. The highest BCUT2D eigenvalue weighted by Gasteiger charge is 2.36. The van der Waals surface area contributed by atoms with E-state index in [9.17, 15) is 0 Å². The van der Waals surface area contributed by atoms with Crippen LogP contribution in [0.4, 0.5) is 0 Å². The molecule has 0 radical (unpaired) electrons. The van der Waals surface area contributed by atoms with Crippen molar-refractivity contribution in [2.75, 3.05) is 0 Å². The summed E-state index contributed by atoms with van der Waals surface area (Å²) >= 11 is 5.33. The molecular formula is C9H12BrNS. The lowest BCUT2D eigenvalue weighted by molar-refractivity contribution is 0.540. The van der Waals surface area contributed by atoms with Gasteiger partial charge in [0.05, 0.1) is 0 Å². The molecule has 1 saturated carbocycles. The predicted octanol–water partition coefficient (Wildman–Crippen LogP) is 3.15. The van der Waals surface area contributed by atoms with Gasteiger partial charge in [-0.15, -0.1) is 11.3 Å². The summed E-state index contributed by atoms with van der Waals surface area (Å²) in [6.07, 6.45) is 2.66. The first kappa shape index (κ1) is 8.73. The van der Waals surface area contributed by atoms with Crippen LogP contribution in [-0.4, -0.2) is 5.54 Å². The Morgan fingerprint density at radius 3 is 2.92 bits per heavy atom. The van der Waals surface area contributed by atoms with Gasteiger partial charge in [0.2, 0.25) is 0 Å². The normalized spacial score (nSPS) is 19.5. The van der Waals surface area contributed by atoms with E-state index in [0.717, 1.165) is 6.54 Å². The second kappa shape index (κ2) is 3.13. The summed E-state index contributed by atoms with van der Waals surface area (Å²) in [7, 11) is 0. The van der Waals surface area contributed by atoms with Crippen molar-refractivity contribution in [1.82, 2.24) is 5.32 Å². The molecule has 0 unspecified atom stereocenters. The van der Waals surface area contributed by atoms with E-state index in [-0.39, 0.29) is 0 Å². The first-order valence-electron chi connectivity index (χ1n) is 4.17. The van der Waals surface area contributed by atoms with Crippen LogP contribution in [0.5, 0.6) is 0 Å². The van der Waals surface area contributed by atoms with Crippen LogP contribution in [-0.2, 0) is 6.54 Å². The molecule has 2 rings (SSSR count). The Hall–Kier alpha value is 0.140. The number of hydrogen-bond acceptors (Lipinski definition) is 2. The molecule has 0 saturated heterocycles. The molecule has 12 heavy (non-hydrogen) atoms.